The van der Waals surface area contributed by atoms with Crippen LogP contribution < -0.4 is 5.09 Å². The van der Waals surface area contributed by atoms with Gasteiger partial charge in [0.05, 0.1) is 0 Å². The van der Waals surface area contributed by atoms with E-state index in [2.05, 4.69) is 21.1 Å². The molecule has 0 saturated carbocycles. The van der Waals surface area contributed by atoms with Crippen molar-refractivity contribution >= 4 is 9.39 Å². The van der Waals surface area contributed by atoms with Gasteiger partial charge in [0.25, 0.3) is 0 Å². The molecular formula is C5H10NP. The maximum atomic E-state index is 3.66. The van der Waals surface area contributed by atoms with Crippen LogP contribution in [0.15, 0.2) is 24.4 Å². The van der Waals surface area contributed by atoms with E-state index in [1.165, 1.54) is 0 Å². The largest absolute Gasteiger partial charge is 0.375 e. The van der Waals surface area contributed by atoms with Crippen LogP contribution in [-0.2, 0) is 0 Å². The Labute approximate surface area is 46.8 Å². The Balaban J connectivity index is 3.26. The molecule has 1 unspecified atom stereocenters. The number of hydrogen-bond donors (Lipinski definition) is 1. The number of allylic oxidation sites excluding steroid dienone is 2. The summed E-state index contributed by atoms with van der Waals surface area (Å²) < 4.78 is 0. The molecule has 2 heteroatoms. The predicted molar refractivity (Wildman–Crippen MR) is 36.8 cm³/mol. The van der Waals surface area contributed by atoms with Crippen molar-refractivity contribution in [3.8, 4) is 0 Å². The smallest absolute Gasteiger partial charge is 0.000495 e. The number of rotatable bonds is 2. The predicted octanol–water partition coefficient (Wildman–Crippen LogP) is 1.46. The molecule has 0 fully saturated rings. The number of nitrogens with one attached hydrogen (secondary N) is 1. The Hall–Kier alpha value is -0.290. The molecule has 0 rings (SSSR count). The van der Waals surface area contributed by atoms with Crippen LogP contribution in [0.5, 0.6) is 0 Å². The van der Waals surface area contributed by atoms with Crippen molar-refractivity contribution in [2.75, 3.05) is 0 Å². The highest BCUT2D eigenvalue weighted by Crippen LogP contribution is 1.86. The van der Waals surface area contributed by atoms with E-state index in [9.17, 15) is 0 Å². The van der Waals surface area contributed by atoms with Gasteiger partial charge in [-0.1, -0.05) is 12.2 Å². The van der Waals surface area contributed by atoms with Crippen LogP contribution in [0.1, 0.15) is 6.92 Å². The molecule has 7 heavy (non-hydrogen) atoms. The monoisotopic (exact) mass is 115 g/mol. The molecule has 1 N–H and O–H groups in total. The molecule has 0 aromatic rings. The molecule has 0 radical (unpaired) electrons. The van der Waals surface area contributed by atoms with Gasteiger partial charge in [-0.15, -0.1) is 0 Å². The lowest BCUT2D eigenvalue weighted by atomic mass is 10.3. The van der Waals surface area contributed by atoms with E-state index in [1.54, 1.807) is 0 Å². The van der Waals surface area contributed by atoms with Crippen LogP contribution in [0.25, 0.3) is 0 Å². The van der Waals surface area contributed by atoms with Crippen molar-refractivity contribution in [3.63, 3.8) is 0 Å². The molecular weight excluding hydrogens is 105 g/mol. The van der Waals surface area contributed by atoms with Gasteiger partial charge in [0, 0.05) is 0 Å². The molecule has 0 bridgehead atoms. The van der Waals surface area contributed by atoms with Crippen molar-refractivity contribution in [2.24, 2.45) is 0 Å². The lowest BCUT2D eigenvalue weighted by Gasteiger charge is -1.83. The minimum absolute atomic E-state index is 1.05. The van der Waals surface area contributed by atoms with Gasteiger partial charge in [-0.3, -0.25) is 0 Å². The van der Waals surface area contributed by atoms with Crippen LogP contribution >= 0.6 is 9.39 Å². The van der Waals surface area contributed by atoms with Crippen LogP contribution in [0.2, 0.25) is 0 Å². The second-order valence-corrected chi connectivity index (χ2v) is 1.68. The van der Waals surface area contributed by atoms with Crippen LogP contribution in [-0.4, -0.2) is 0 Å². The van der Waals surface area contributed by atoms with Gasteiger partial charge in [-0.2, -0.15) is 0 Å². The molecule has 0 aliphatic carbocycles. The van der Waals surface area contributed by atoms with E-state index in [4.69, 9.17) is 0 Å². The van der Waals surface area contributed by atoms with Crippen molar-refractivity contribution in [1.29, 1.82) is 0 Å². The Bertz CT molecular complexity index is 86.1. The summed E-state index contributed by atoms with van der Waals surface area (Å²) in [6, 6.07) is 0. The third-order valence-electron chi connectivity index (χ3n) is 0.464. The molecule has 0 saturated heterocycles. The third kappa shape index (κ3) is 5.71. The zero-order chi connectivity index (χ0) is 5.70. The van der Waals surface area contributed by atoms with Crippen molar-refractivity contribution in [1.82, 2.24) is 5.09 Å². The Morgan fingerprint density at radius 1 is 1.86 bits per heavy atom. The molecule has 0 heterocycles. The lowest BCUT2D eigenvalue weighted by molar-refractivity contribution is 1.39. The van der Waals surface area contributed by atoms with Crippen LogP contribution in [0.3, 0.4) is 0 Å². The maximum Gasteiger partial charge on any atom is -0.000495 e. The fourth-order valence-corrected chi connectivity index (χ4v) is 0.287. The van der Waals surface area contributed by atoms with Crippen molar-refractivity contribution in [3.05, 3.63) is 24.4 Å². The molecule has 0 aliphatic heterocycles. The van der Waals surface area contributed by atoms with E-state index in [-0.39, 0.29) is 0 Å². The van der Waals surface area contributed by atoms with Crippen LogP contribution in [0.4, 0.5) is 0 Å². The van der Waals surface area contributed by atoms with Gasteiger partial charge in [0.2, 0.25) is 0 Å². The standard InChI is InChI=1S/C5H10NP/c1-5(2)3-4-6-7/h3-4,6H,1,7H2,2H3/b4-3-. The van der Waals surface area contributed by atoms with Gasteiger partial charge in [0.1, 0.15) is 0 Å². The molecule has 0 spiro atoms. The van der Waals surface area contributed by atoms with E-state index >= 15 is 0 Å². The fourth-order valence-electron chi connectivity index (χ4n) is 0.190. The average Bonchev–Trinajstić information content (AvgIpc) is 1.61. The summed E-state index contributed by atoms with van der Waals surface area (Å²) in [5, 5.41) is 2.77. The lowest BCUT2D eigenvalue weighted by Crippen LogP contribution is -1.77. The topological polar surface area (TPSA) is 12.0 Å². The first-order valence-corrected chi connectivity index (χ1v) is 2.63. The minimum Gasteiger partial charge on any atom is -0.375 e. The highest BCUT2D eigenvalue weighted by atomic mass is 31.0. The summed E-state index contributed by atoms with van der Waals surface area (Å²) in [7, 11) is 2.37. The summed E-state index contributed by atoms with van der Waals surface area (Å²) in [4.78, 5) is 0. The zero-order valence-corrected chi connectivity index (χ0v) is 5.59. The van der Waals surface area contributed by atoms with Gasteiger partial charge < -0.3 is 5.09 Å². The van der Waals surface area contributed by atoms with Crippen LogP contribution in [0, 0.1) is 0 Å². The van der Waals surface area contributed by atoms with Gasteiger partial charge in [-0.25, -0.2) is 0 Å². The number of hydrogen-bond acceptors (Lipinski definition) is 1. The highest BCUT2D eigenvalue weighted by molar-refractivity contribution is 7.13. The molecule has 1 atom stereocenters. The van der Waals surface area contributed by atoms with Gasteiger partial charge >= 0.3 is 0 Å². The second kappa shape index (κ2) is 3.89. The quantitative estimate of drug-likeness (QED) is 0.424. The van der Waals surface area contributed by atoms with Crippen molar-refractivity contribution < 1.29 is 0 Å². The van der Waals surface area contributed by atoms with E-state index in [0.717, 1.165) is 5.57 Å². The van der Waals surface area contributed by atoms with Gasteiger partial charge in [-0.05, 0) is 28.6 Å². The second-order valence-electron chi connectivity index (χ2n) is 1.35. The van der Waals surface area contributed by atoms with E-state index in [0.29, 0.717) is 0 Å². The Morgan fingerprint density at radius 2 is 2.43 bits per heavy atom. The molecule has 0 aromatic carbocycles. The summed E-state index contributed by atoms with van der Waals surface area (Å²) >= 11 is 0. The SMILES string of the molecule is C=C(C)/C=C\NP. The first-order valence-electron chi connectivity index (χ1n) is 2.05. The highest BCUT2D eigenvalue weighted by Gasteiger charge is 1.66. The first-order chi connectivity index (χ1) is 3.27. The normalized spacial score (nSPS) is 9.43. The molecule has 0 amide bonds. The summed E-state index contributed by atoms with van der Waals surface area (Å²) in [6.07, 6.45) is 3.71. The summed E-state index contributed by atoms with van der Waals surface area (Å²) in [6.45, 7) is 5.60. The van der Waals surface area contributed by atoms with E-state index < -0.39 is 0 Å². The van der Waals surface area contributed by atoms with Gasteiger partial charge in [0.15, 0.2) is 0 Å². The summed E-state index contributed by atoms with van der Waals surface area (Å²) in [5.74, 6) is 0. The molecule has 1 nitrogen and oxygen atoms in total. The minimum atomic E-state index is 1.05. The average molecular weight is 115 g/mol. The van der Waals surface area contributed by atoms with Crippen molar-refractivity contribution in [2.45, 2.75) is 6.92 Å². The fraction of sp³-hybridized carbons (Fsp3) is 0.200. The Morgan fingerprint density at radius 3 is 2.57 bits per heavy atom. The summed E-state index contributed by atoms with van der Waals surface area (Å²) in [5.41, 5.74) is 1.05. The first kappa shape index (κ1) is 6.71. The molecule has 0 aliphatic rings. The Kier molecular flexibility index (Phi) is 3.72. The maximum absolute atomic E-state index is 3.66. The third-order valence-corrected chi connectivity index (χ3v) is 0.657. The van der Waals surface area contributed by atoms with E-state index in [1.807, 2.05) is 19.2 Å². The molecule has 0 aromatic heterocycles. The zero-order valence-electron chi connectivity index (χ0n) is 4.44. The molecule has 40 valence electrons.